The van der Waals surface area contributed by atoms with Gasteiger partial charge in [-0.25, -0.2) is 4.98 Å². The van der Waals surface area contributed by atoms with Crippen molar-refractivity contribution in [3.05, 3.63) is 81.9 Å². The molecule has 4 heterocycles. The molecule has 0 aliphatic carbocycles. The summed E-state index contributed by atoms with van der Waals surface area (Å²) in [4.78, 5) is 35.7. The van der Waals surface area contributed by atoms with E-state index in [-0.39, 0.29) is 17.9 Å². The molecule has 12 heteroatoms. The van der Waals surface area contributed by atoms with Gasteiger partial charge >= 0.3 is 6.18 Å². The number of alkyl halides is 3. The topological polar surface area (TPSA) is 74.6 Å². The number of hydrogen-bond donors (Lipinski definition) is 0. The molecule has 0 spiro atoms. The minimum atomic E-state index is -4.37. The fraction of sp³-hybridized carbons (Fsp3) is 0.333. The minimum Gasteiger partial charge on any atom is -0.335 e. The number of likely N-dealkylation sites (tertiary alicyclic amines) is 1. The van der Waals surface area contributed by atoms with E-state index < -0.39 is 11.7 Å². The lowest BCUT2D eigenvalue weighted by molar-refractivity contribution is -0.137. The van der Waals surface area contributed by atoms with Crippen molar-refractivity contribution in [1.29, 1.82) is 0 Å². The summed E-state index contributed by atoms with van der Waals surface area (Å²) in [5, 5.41) is 7.62. The lowest BCUT2D eigenvalue weighted by Gasteiger charge is -2.48. The van der Waals surface area contributed by atoms with Crippen LogP contribution in [0.4, 0.5) is 13.2 Å². The molecule has 4 aromatic rings. The van der Waals surface area contributed by atoms with Gasteiger partial charge in [-0.15, -0.1) is 11.3 Å². The molecular weight excluding hydrogens is 529 g/mol. The molecule has 202 valence electrons. The fourth-order valence-corrected chi connectivity index (χ4v) is 5.67. The van der Waals surface area contributed by atoms with Gasteiger partial charge in [0.15, 0.2) is 5.01 Å². The Morgan fingerprint density at radius 3 is 2.36 bits per heavy atom. The first-order valence-corrected chi connectivity index (χ1v) is 13.5. The molecule has 2 saturated heterocycles. The summed E-state index contributed by atoms with van der Waals surface area (Å²) in [5.74, 6) is -0.0608. The van der Waals surface area contributed by atoms with Crippen LogP contribution in [0.3, 0.4) is 0 Å². The predicted octanol–water partition coefficient (Wildman–Crippen LogP) is 3.84. The normalized spacial score (nSPS) is 17.0. The van der Waals surface area contributed by atoms with Gasteiger partial charge in [-0.3, -0.25) is 19.2 Å². The van der Waals surface area contributed by atoms with Crippen molar-refractivity contribution in [3.8, 4) is 0 Å². The summed E-state index contributed by atoms with van der Waals surface area (Å²) >= 11 is 1.35. The minimum absolute atomic E-state index is 0.0202. The third kappa shape index (κ3) is 5.26. The van der Waals surface area contributed by atoms with Crippen molar-refractivity contribution < 1.29 is 22.8 Å². The van der Waals surface area contributed by atoms with Crippen LogP contribution >= 0.6 is 11.3 Å². The number of benzene rings is 2. The number of thiazole rings is 1. The van der Waals surface area contributed by atoms with Gasteiger partial charge in [0.25, 0.3) is 11.8 Å². The molecule has 2 fully saturated rings. The Bertz CT molecular complexity index is 1490. The molecule has 0 bridgehead atoms. The molecule has 2 aromatic heterocycles. The second-order valence-electron chi connectivity index (χ2n) is 9.82. The van der Waals surface area contributed by atoms with Crippen LogP contribution in [0.5, 0.6) is 0 Å². The maximum atomic E-state index is 13.1. The Hall–Kier alpha value is -3.77. The number of rotatable bonds is 5. The molecule has 39 heavy (non-hydrogen) atoms. The summed E-state index contributed by atoms with van der Waals surface area (Å²) in [7, 11) is 0. The summed E-state index contributed by atoms with van der Waals surface area (Å²) in [6, 6.07) is 10.7. The van der Waals surface area contributed by atoms with Gasteiger partial charge in [0.05, 0.1) is 17.6 Å². The van der Waals surface area contributed by atoms with E-state index in [4.69, 9.17) is 0 Å². The number of nitrogens with zero attached hydrogens (tertiary/aromatic N) is 6. The molecule has 2 aromatic carbocycles. The van der Waals surface area contributed by atoms with Crippen molar-refractivity contribution >= 4 is 34.1 Å². The molecule has 0 N–H and O–H groups in total. The van der Waals surface area contributed by atoms with E-state index in [0.717, 1.165) is 30.6 Å². The van der Waals surface area contributed by atoms with Crippen molar-refractivity contribution in [3.63, 3.8) is 0 Å². The number of hydrogen-bond acceptors (Lipinski definition) is 6. The van der Waals surface area contributed by atoms with E-state index in [2.05, 4.69) is 15.0 Å². The highest BCUT2D eigenvalue weighted by atomic mass is 32.1. The Labute approximate surface area is 226 Å². The molecule has 2 amide bonds. The Kier molecular flexibility index (Phi) is 6.59. The van der Waals surface area contributed by atoms with E-state index in [0.29, 0.717) is 54.4 Å². The number of aromatic nitrogens is 3. The van der Waals surface area contributed by atoms with Crippen LogP contribution in [-0.4, -0.2) is 86.6 Å². The SMILES string of the molecule is O=C(c1ccc2nn(Cc3ccc(C(F)(F)F)cc3)cc2c1)N1CC(N2CCN(C(=O)c3nccs3)CC2)C1. The number of piperazine rings is 1. The second kappa shape index (κ2) is 10.1. The lowest BCUT2D eigenvalue weighted by atomic mass is 10.0. The summed E-state index contributed by atoms with van der Waals surface area (Å²) in [5.41, 5.74) is 1.31. The number of carbonyl (C=O) groups is 2. The monoisotopic (exact) mass is 554 g/mol. The number of amides is 2. The largest absolute Gasteiger partial charge is 0.416 e. The van der Waals surface area contributed by atoms with Crippen molar-refractivity contribution in [2.24, 2.45) is 0 Å². The highest BCUT2D eigenvalue weighted by Crippen LogP contribution is 2.29. The van der Waals surface area contributed by atoms with E-state index in [1.165, 1.54) is 23.5 Å². The molecule has 0 unspecified atom stereocenters. The molecule has 0 saturated carbocycles. The van der Waals surface area contributed by atoms with Crippen LogP contribution in [0.2, 0.25) is 0 Å². The molecule has 2 aliphatic rings. The number of carbonyl (C=O) groups excluding carboxylic acids is 2. The van der Waals surface area contributed by atoms with Gasteiger partial charge in [0.1, 0.15) is 0 Å². The standard InChI is InChI=1S/C27H25F3N6O2S/c28-27(29,30)21-4-1-18(2-5-21)14-36-15-20-13-19(3-6-23(20)32-36)25(37)35-16-22(17-35)33-8-10-34(11-9-33)26(38)24-31-7-12-39-24/h1-7,12-13,15,22H,8-11,14,16-17H2. The Morgan fingerprint density at radius 1 is 0.949 bits per heavy atom. The highest BCUT2D eigenvalue weighted by Gasteiger charge is 2.37. The molecule has 2 aliphatic heterocycles. The molecule has 6 rings (SSSR count). The van der Waals surface area contributed by atoms with Crippen LogP contribution in [-0.2, 0) is 12.7 Å². The summed E-state index contributed by atoms with van der Waals surface area (Å²) < 4.78 is 40.1. The van der Waals surface area contributed by atoms with E-state index in [1.54, 1.807) is 34.6 Å². The number of halogens is 3. The maximum Gasteiger partial charge on any atom is 0.416 e. The average molecular weight is 555 g/mol. The van der Waals surface area contributed by atoms with Gasteiger partial charge in [-0.2, -0.15) is 18.3 Å². The van der Waals surface area contributed by atoms with E-state index in [9.17, 15) is 22.8 Å². The number of fused-ring (bicyclic) bond motifs is 1. The first-order chi connectivity index (χ1) is 18.7. The fourth-order valence-electron chi connectivity index (χ4n) is 5.07. The first kappa shape index (κ1) is 25.5. The van der Waals surface area contributed by atoms with E-state index >= 15 is 0 Å². The molecule has 8 nitrogen and oxygen atoms in total. The lowest BCUT2D eigenvalue weighted by Crippen LogP contribution is -2.64. The Balaban J connectivity index is 1.03. The van der Waals surface area contributed by atoms with Crippen LogP contribution in [0.15, 0.2) is 60.2 Å². The third-order valence-corrected chi connectivity index (χ3v) is 8.07. The third-order valence-electron chi connectivity index (χ3n) is 7.31. The molecule has 0 radical (unpaired) electrons. The van der Waals surface area contributed by atoms with Crippen molar-refractivity contribution in [2.45, 2.75) is 18.8 Å². The van der Waals surface area contributed by atoms with Crippen LogP contribution in [0.1, 0.15) is 31.3 Å². The highest BCUT2D eigenvalue weighted by molar-refractivity contribution is 7.11. The zero-order valence-corrected chi connectivity index (χ0v) is 21.7. The van der Waals surface area contributed by atoms with Gasteiger partial charge in [0.2, 0.25) is 0 Å². The van der Waals surface area contributed by atoms with Crippen LogP contribution < -0.4 is 0 Å². The Morgan fingerprint density at radius 2 is 1.69 bits per heavy atom. The molecular formula is C27H25F3N6O2S. The average Bonchev–Trinajstić information content (AvgIpc) is 3.57. The van der Waals surface area contributed by atoms with Crippen molar-refractivity contribution in [2.75, 3.05) is 39.3 Å². The summed E-state index contributed by atoms with van der Waals surface area (Å²) in [6.07, 6.45) is -0.924. The van der Waals surface area contributed by atoms with Gasteiger partial charge in [0, 0.05) is 74.0 Å². The van der Waals surface area contributed by atoms with Crippen molar-refractivity contribution in [1.82, 2.24) is 29.5 Å². The predicted molar refractivity (Wildman–Crippen MR) is 140 cm³/mol. The zero-order valence-electron chi connectivity index (χ0n) is 20.8. The van der Waals surface area contributed by atoms with Gasteiger partial charge in [-0.05, 0) is 35.9 Å². The van der Waals surface area contributed by atoms with Gasteiger partial charge in [-0.1, -0.05) is 12.1 Å². The van der Waals surface area contributed by atoms with Crippen LogP contribution in [0.25, 0.3) is 10.9 Å². The van der Waals surface area contributed by atoms with Crippen LogP contribution in [0, 0.1) is 0 Å². The second-order valence-corrected chi connectivity index (χ2v) is 10.7. The molecule has 0 atom stereocenters. The maximum absolute atomic E-state index is 13.1. The summed E-state index contributed by atoms with van der Waals surface area (Å²) in [6.45, 7) is 4.45. The quantitative estimate of drug-likeness (QED) is 0.375. The smallest absolute Gasteiger partial charge is 0.335 e. The first-order valence-electron chi connectivity index (χ1n) is 12.6. The van der Waals surface area contributed by atoms with Gasteiger partial charge < -0.3 is 9.80 Å². The zero-order chi connectivity index (χ0) is 27.1. The van der Waals surface area contributed by atoms with E-state index in [1.807, 2.05) is 15.9 Å².